The zero-order valence-electron chi connectivity index (χ0n) is 21.1. The Morgan fingerprint density at radius 2 is 1.84 bits per heavy atom. The van der Waals surface area contributed by atoms with Gasteiger partial charge in [0.25, 0.3) is 5.91 Å². The summed E-state index contributed by atoms with van der Waals surface area (Å²) < 4.78 is 18.0. The Morgan fingerprint density at radius 1 is 1.11 bits per heavy atom. The molecule has 1 N–H and O–H groups in total. The Kier molecular flexibility index (Phi) is 7.98. The summed E-state index contributed by atoms with van der Waals surface area (Å²) in [5, 5.41) is 19.6. The number of carbonyl (C=O) groups is 2. The van der Waals surface area contributed by atoms with Gasteiger partial charge in [-0.3, -0.25) is 10.1 Å². The first-order valence-corrected chi connectivity index (χ1v) is 11.8. The van der Waals surface area contributed by atoms with Crippen molar-refractivity contribution in [2.45, 2.75) is 20.8 Å². The molecule has 4 rings (SSSR count). The lowest BCUT2D eigenvalue weighted by molar-refractivity contribution is -0.142. The Bertz CT molecular complexity index is 1510. The van der Waals surface area contributed by atoms with E-state index in [0.717, 1.165) is 22.8 Å². The van der Waals surface area contributed by atoms with Gasteiger partial charge in [-0.15, -0.1) is 5.10 Å². The normalized spacial score (nSPS) is 11.1. The van der Waals surface area contributed by atoms with Crippen LogP contribution in [0, 0.1) is 25.2 Å². The third kappa shape index (κ3) is 5.96. The van der Waals surface area contributed by atoms with E-state index in [-0.39, 0.29) is 17.5 Å². The molecular weight excluding hydrogens is 486 g/mol. The van der Waals surface area contributed by atoms with E-state index in [0.29, 0.717) is 17.7 Å². The molecule has 10 heteroatoms. The molecule has 0 unspecified atom stereocenters. The molecule has 0 aliphatic rings. The third-order valence-electron chi connectivity index (χ3n) is 5.54. The number of hydrogen-bond acceptors (Lipinski definition) is 8. The van der Waals surface area contributed by atoms with Crippen LogP contribution in [-0.4, -0.2) is 39.9 Å². The van der Waals surface area contributed by atoms with E-state index in [1.807, 2.05) is 79.9 Å². The van der Waals surface area contributed by atoms with Gasteiger partial charge in [0.05, 0.1) is 6.61 Å². The molecule has 0 fully saturated rings. The van der Waals surface area contributed by atoms with Gasteiger partial charge in [0.2, 0.25) is 5.89 Å². The van der Waals surface area contributed by atoms with Crippen LogP contribution in [-0.2, 0) is 14.3 Å². The van der Waals surface area contributed by atoms with Gasteiger partial charge in [0.15, 0.2) is 6.61 Å². The lowest BCUT2D eigenvalue weighted by Gasteiger charge is -2.11. The van der Waals surface area contributed by atoms with E-state index in [1.54, 1.807) is 12.1 Å². The fourth-order valence-electron chi connectivity index (χ4n) is 3.82. The molecule has 192 valence electrons. The average molecular weight is 512 g/mol. The summed E-state index contributed by atoms with van der Waals surface area (Å²) >= 11 is 0. The lowest BCUT2D eigenvalue weighted by atomic mass is 10.1. The molecule has 0 aliphatic heterocycles. The monoisotopic (exact) mass is 511 g/mol. The molecular formula is C28H25N5O5. The van der Waals surface area contributed by atoms with Crippen molar-refractivity contribution in [1.82, 2.24) is 14.8 Å². The van der Waals surface area contributed by atoms with Crippen LogP contribution in [0.15, 0.2) is 70.7 Å². The number of amides is 1. The maximum absolute atomic E-state index is 12.5. The van der Waals surface area contributed by atoms with E-state index in [9.17, 15) is 14.9 Å². The fraction of sp³-hybridized carbons (Fsp3) is 0.179. The van der Waals surface area contributed by atoms with Crippen molar-refractivity contribution in [1.29, 1.82) is 5.26 Å². The van der Waals surface area contributed by atoms with Crippen LogP contribution < -0.4 is 10.1 Å². The summed E-state index contributed by atoms with van der Waals surface area (Å²) in [6, 6.07) is 20.3. The van der Waals surface area contributed by atoms with Gasteiger partial charge in [-0.2, -0.15) is 5.26 Å². The second-order valence-corrected chi connectivity index (χ2v) is 8.16. The molecule has 0 radical (unpaired) electrons. The van der Waals surface area contributed by atoms with E-state index in [2.05, 4.69) is 15.5 Å². The number of nitriles is 1. The topological polar surface area (TPSA) is 132 Å². The lowest BCUT2D eigenvalue weighted by Crippen LogP contribution is -2.21. The number of nitrogens with one attached hydrogen (secondary N) is 1. The minimum Gasteiger partial charge on any atom is -0.494 e. The Labute approximate surface area is 219 Å². The Hall–Kier alpha value is -5.17. The van der Waals surface area contributed by atoms with Crippen molar-refractivity contribution in [3.8, 4) is 29.0 Å². The third-order valence-corrected chi connectivity index (χ3v) is 5.54. The molecule has 4 aromatic rings. The summed E-state index contributed by atoms with van der Waals surface area (Å²) in [7, 11) is 0. The molecule has 2 aromatic carbocycles. The highest BCUT2D eigenvalue weighted by atomic mass is 16.5. The van der Waals surface area contributed by atoms with Crippen LogP contribution in [0.1, 0.15) is 23.9 Å². The minimum absolute atomic E-state index is 0.136. The maximum Gasteiger partial charge on any atom is 0.349 e. The summed E-state index contributed by atoms with van der Waals surface area (Å²) in [5.74, 6) is -0.611. The van der Waals surface area contributed by atoms with E-state index in [4.69, 9.17) is 13.9 Å². The number of benzene rings is 2. The molecule has 0 bridgehead atoms. The SMILES string of the molecule is CCOc1ccc(-n2c(C)cc(C=C(C#N)C(=O)OCC(=O)Nc3nnc(-c4ccccc4)o3)c2C)cc1. The molecule has 0 aliphatic carbocycles. The summed E-state index contributed by atoms with van der Waals surface area (Å²) in [6.07, 6.45) is 1.44. The molecule has 0 saturated heterocycles. The fourth-order valence-corrected chi connectivity index (χ4v) is 3.82. The highest BCUT2D eigenvalue weighted by Gasteiger charge is 2.17. The predicted molar refractivity (Wildman–Crippen MR) is 139 cm³/mol. The Morgan fingerprint density at radius 3 is 2.53 bits per heavy atom. The molecule has 38 heavy (non-hydrogen) atoms. The quantitative estimate of drug-likeness (QED) is 0.195. The van der Waals surface area contributed by atoms with Crippen molar-refractivity contribution in [3.05, 3.63) is 83.2 Å². The molecule has 2 aromatic heterocycles. The number of ether oxygens (including phenoxy) is 2. The van der Waals surface area contributed by atoms with Gasteiger partial charge in [-0.1, -0.05) is 23.3 Å². The maximum atomic E-state index is 12.5. The van der Waals surface area contributed by atoms with Crippen LogP contribution in [0.4, 0.5) is 6.01 Å². The zero-order chi connectivity index (χ0) is 27.1. The van der Waals surface area contributed by atoms with Crippen molar-refractivity contribution in [2.75, 3.05) is 18.5 Å². The Balaban J connectivity index is 1.40. The number of hydrogen-bond donors (Lipinski definition) is 1. The summed E-state index contributed by atoms with van der Waals surface area (Å²) in [6.45, 7) is 5.68. The molecule has 0 spiro atoms. The van der Waals surface area contributed by atoms with Crippen LogP contribution in [0.25, 0.3) is 23.2 Å². The average Bonchev–Trinajstić information content (AvgIpc) is 3.50. The first-order chi connectivity index (χ1) is 18.4. The standard InChI is InChI=1S/C28H25N5O5/c1-4-36-24-12-10-23(11-13-24)33-18(2)14-21(19(33)3)15-22(16-29)27(35)37-17-25(34)30-28-32-31-26(38-28)20-8-6-5-7-9-20/h5-15H,4,17H2,1-3H3,(H,30,32,34). The highest BCUT2D eigenvalue weighted by Crippen LogP contribution is 2.25. The van der Waals surface area contributed by atoms with E-state index in [1.165, 1.54) is 6.08 Å². The second-order valence-electron chi connectivity index (χ2n) is 8.16. The van der Waals surface area contributed by atoms with Crippen molar-refractivity contribution in [2.24, 2.45) is 0 Å². The van der Waals surface area contributed by atoms with Gasteiger partial charge in [-0.05, 0) is 74.9 Å². The largest absolute Gasteiger partial charge is 0.494 e. The molecule has 2 heterocycles. The van der Waals surface area contributed by atoms with Crippen LogP contribution >= 0.6 is 0 Å². The number of esters is 1. The predicted octanol–water partition coefficient (Wildman–Crippen LogP) is 4.63. The minimum atomic E-state index is -0.927. The first-order valence-electron chi connectivity index (χ1n) is 11.8. The van der Waals surface area contributed by atoms with Gasteiger partial charge in [0, 0.05) is 22.6 Å². The van der Waals surface area contributed by atoms with Gasteiger partial charge >= 0.3 is 12.0 Å². The number of rotatable bonds is 9. The second kappa shape index (κ2) is 11.7. The number of aromatic nitrogens is 3. The number of anilines is 1. The molecule has 10 nitrogen and oxygen atoms in total. The van der Waals surface area contributed by atoms with E-state index < -0.39 is 18.5 Å². The van der Waals surface area contributed by atoms with Crippen LogP contribution in [0.2, 0.25) is 0 Å². The van der Waals surface area contributed by atoms with Crippen LogP contribution in [0.3, 0.4) is 0 Å². The molecule has 1 amide bonds. The summed E-state index contributed by atoms with van der Waals surface area (Å²) in [4.78, 5) is 24.8. The van der Waals surface area contributed by atoms with Gasteiger partial charge in [-0.25, -0.2) is 4.79 Å². The smallest absolute Gasteiger partial charge is 0.349 e. The highest BCUT2D eigenvalue weighted by molar-refractivity contribution is 6.00. The van der Waals surface area contributed by atoms with E-state index >= 15 is 0 Å². The molecule has 0 atom stereocenters. The van der Waals surface area contributed by atoms with Crippen LogP contribution in [0.5, 0.6) is 5.75 Å². The van der Waals surface area contributed by atoms with Gasteiger partial charge in [0.1, 0.15) is 17.4 Å². The number of nitrogens with zero attached hydrogens (tertiary/aromatic N) is 4. The first kappa shape index (κ1) is 25.9. The van der Waals surface area contributed by atoms with Crippen molar-refractivity contribution in [3.63, 3.8) is 0 Å². The zero-order valence-corrected chi connectivity index (χ0v) is 21.1. The van der Waals surface area contributed by atoms with Crippen molar-refractivity contribution < 1.29 is 23.5 Å². The number of aryl methyl sites for hydroxylation is 1. The summed E-state index contributed by atoms with van der Waals surface area (Å²) in [5.41, 5.74) is 3.78. The molecule has 0 saturated carbocycles. The number of carbonyl (C=O) groups excluding carboxylic acids is 2. The van der Waals surface area contributed by atoms with Crippen molar-refractivity contribution >= 4 is 24.0 Å². The van der Waals surface area contributed by atoms with Gasteiger partial charge < -0.3 is 18.5 Å².